The summed E-state index contributed by atoms with van der Waals surface area (Å²) in [6.07, 6.45) is 0. The van der Waals surface area contributed by atoms with Crippen LogP contribution >= 0.6 is 0 Å². The number of esters is 1. The number of hydrogen-bond donors (Lipinski definition) is 0. The van der Waals surface area contributed by atoms with Crippen molar-refractivity contribution in [2.24, 2.45) is 0 Å². The first kappa shape index (κ1) is 17.6. The summed E-state index contributed by atoms with van der Waals surface area (Å²) < 4.78 is 18.4. The molecular formula is C20H20FNO2. The van der Waals surface area contributed by atoms with Gasteiger partial charge in [0.2, 0.25) is 0 Å². The van der Waals surface area contributed by atoms with E-state index in [1.165, 1.54) is 19.2 Å². The van der Waals surface area contributed by atoms with Crippen molar-refractivity contribution < 1.29 is 13.9 Å². The number of carbonyl (C=O) groups is 1. The highest BCUT2D eigenvalue weighted by molar-refractivity contribution is 6.07. The third-order valence-corrected chi connectivity index (χ3v) is 3.59. The molecule has 0 bridgehead atoms. The van der Waals surface area contributed by atoms with E-state index in [0.717, 1.165) is 16.5 Å². The van der Waals surface area contributed by atoms with Gasteiger partial charge >= 0.3 is 5.97 Å². The molecule has 0 N–H and O–H groups in total. The molecular weight excluding hydrogens is 305 g/mol. The van der Waals surface area contributed by atoms with Crippen LogP contribution in [0.5, 0.6) is 0 Å². The number of aryl methyl sites for hydroxylation is 1. The number of methoxy groups -OCH3 is 1. The van der Waals surface area contributed by atoms with Crippen LogP contribution < -0.4 is 0 Å². The summed E-state index contributed by atoms with van der Waals surface area (Å²) in [5.41, 5.74) is 2.12. The molecule has 0 amide bonds. The Morgan fingerprint density at radius 3 is 2.33 bits per heavy atom. The lowest BCUT2D eigenvalue weighted by Gasteiger charge is -2.13. The SMILES string of the molecule is CC.COC(=O)c1nc(C)c2ccccc2c1-c1cccc(F)c1. The number of hydrogen-bond acceptors (Lipinski definition) is 3. The molecule has 4 heteroatoms. The molecule has 0 radical (unpaired) electrons. The van der Waals surface area contributed by atoms with Gasteiger partial charge in [0.1, 0.15) is 5.82 Å². The summed E-state index contributed by atoms with van der Waals surface area (Å²) in [7, 11) is 1.31. The van der Waals surface area contributed by atoms with E-state index in [2.05, 4.69) is 4.98 Å². The van der Waals surface area contributed by atoms with Crippen molar-refractivity contribution in [2.75, 3.05) is 7.11 Å². The molecule has 0 spiro atoms. The first-order valence-corrected chi connectivity index (χ1v) is 7.85. The predicted octanol–water partition coefficient (Wildman–Crippen LogP) is 5.16. The Labute approximate surface area is 141 Å². The summed E-state index contributed by atoms with van der Waals surface area (Å²) >= 11 is 0. The maximum atomic E-state index is 13.6. The maximum absolute atomic E-state index is 13.6. The molecule has 24 heavy (non-hydrogen) atoms. The van der Waals surface area contributed by atoms with Crippen LogP contribution in [-0.4, -0.2) is 18.1 Å². The van der Waals surface area contributed by atoms with E-state index in [1.54, 1.807) is 12.1 Å². The molecule has 124 valence electrons. The molecule has 0 unspecified atom stereocenters. The lowest BCUT2D eigenvalue weighted by Crippen LogP contribution is -2.08. The van der Waals surface area contributed by atoms with E-state index in [0.29, 0.717) is 11.1 Å². The average molecular weight is 325 g/mol. The highest BCUT2D eigenvalue weighted by Crippen LogP contribution is 2.33. The summed E-state index contributed by atoms with van der Waals surface area (Å²) in [4.78, 5) is 16.5. The first-order valence-electron chi connectivity index (χ1n) is 7.85. The molecule has 3 rings (SSSR count). The summed E-state index contributed by atoms with van der Waals surface area (Å²) in [6, 6.07) is 13.7. The number of fused-ring (bicyclic) bond motifs is 1. The zero-order valence-electron chi connectivity index (χ0n) is 14.3. The van der Waals surface area contributed by atoms with Gasteiger partial charge in [0, 0.05) is 16.6 Å². The van der Waals surface area contributed by atoms with Gasteiger partial charge < -0.3 is 4.74 Å². The van der Waals surface area contributed by atoms with Crippen LogP contribution in [-0.2, 0) is 4.74 Å². The van der Waals surface area contributed by atoms with E-state index in [9.17, 15) is 9.18 Å². The van der Waals surface area contributed by atoms with Crippen LogP contribution in [0, 0.1) is 12.7 Å². The fourth-order valence-electron chi connectivity index (χ4n) is 2.61. The highest BCUT2D eigenvalue weighted by atomic mass is 19.1. The number of pyridine rings is 1. The second-order valence-corrected chi connectivity index (χ2v) is 4.97. The minimum Gasteiger partial charge on any atom is -0.464 e. The standard InChI is InChI=1S/C18H14FNO2.C2H6/c1-11-14-8-3-4-9-15(14)16(17(20-11)18(21)22-2)12-6-5-7-13(19)10-12;1-2/h3-10H,1-2H3;1-2H3. The zero-order chi connectivity index (χ0) is 17.7. The number of nitrogens with zero attached hydrogens (tertiary/aromatic N) is 1. The maximum Gasteiger partial charge on any atom is 0.357 e. The minimum absolute atomic E-state index is 0.198. The average Bonchev–Trinajstić information content (AvgIpc) is 2.62. The smallest absolute Gasteiger partial charge is 0.357 e. The number of halogens is 1. The molecule has 3 aromatic rings. The Morgan fingerprint density at radius 1 is 1.04 bits per heavy atom. The molecule has 0 fully saturated rings. The first-order chi connectivity index (χ1) is 11.6. The Balaban J connectivity index is 0.00000100. The van der Waals surface area contributed by atoms with Crippen molar-refractivity contribution in [3.63, 3.8) is 0 Å². The van der Waals surface area contributed by atoms with Gasteiger partial charge in [-0.05, 0) is 30.0 Å². The molecule has 1 heterocycles. The minimum atomic E-state index is -0.534. The number of ether oxygens (including phenoxy) is 1. The van der Waals surface area contributed by atoms with Gasteiger partial charge in [0.05, 0.1) is 7.11 Å². The molecule has 0 aliphatic carbocycles. The third-order valence-electron chi connectivity index (χ3n) is 3.59. The van der Waals surface area contributed by atoms with Gasteiger partial charge in [0.25, 0.3) is 0 Å². The van der Waals surface area contributed by atoms with Crippen molar-refractivity contribution in [1.82, 2.24) is 4.98 Å². The van der Waals surface area contributed by atoms with E-state index in [1.807, 2.05) is 45.0 Å². The fraction of sp³-hybridized carbons (Fsp3) is 0.200. The topological polar surface area (TPSA) is 39.2 Å². The lowest BCUT2D eigenvalue weighted by molar-refractivity contribution is 0.0595. The Hall–Kier alpha value is -2.75. The van der Waals surface area contributed by atoms with E-state index < -0.39 is 5.97 Å². The van der Waals surface area contributed by atoms with Crippen LogP contribution in [0.15, 0.2) is 48.5 Å². The van der Waals surface area contributed by atoms with E-state index in [4.69, 9.17) is 4.74 Å². The van der Waals surface area contributed by atoms with Crippen LogP contribution in [0.1, 0.15) is 30.0 Å². The van der Waals surface area contributed by atoms with Crippen LogP contribution in [0.2, 0.25) is 0 Å². The summed E-state index contributed by atoms with van der Waals surface area (Å²) in [5.74, 6) is -0.897. The zero-order valence-corrected chi connectivity index (χ0v) is 14.3. The monoisotopic (exact) mass is 325 g/mol. The number of benzene rings is 2. The van der Waals surface area contributed by atoms with Gasteiger partial charge in [-0.2, -0.15) is 0 Å². The number of rotatable bonds is 2. The quantitative estimate of drug-likeness (QED) is 0.611. The Morgan fingerprint density at radius 2 is 1.71 bits per heavy atom. The summed E-state index contributed by atoms with van der Waals surface area (Å²) in [6.45, 7) is 5.84. The van der Waals surface area contributed by atoms with Crippen LogP contribution in [0.3, 0.4) is 0 Å². The van der Waals surface area contributed by atoms with Gasteiger partial charge in [-0.1, -0.05) is 50.2 Å². The normalized spacial score (nSPS) is 10.0. The lowest BCUT2D eigenvalue weighted by atomic mass is 9.96. The molecule has 0 atom stereocenters. The molecule has 0 saturated heterocycles. The summed E-state index contributed by atoms with van der Waals surface area (Å²) in [5, 5.41) is 1.77. The van der Waals surface area contributed by atoms with Crippen LogP contribution in [0.25, 0.3) is 21.9 Å². The molecule has 0 aliphatic rings. The highest BCUT2D eigenvalue weighted by Gasteiger charge is 2.20. The second kappa shape index (κ2) is 7.68. The molecule has 0 saturated carbocycles. The van der Waals surface area contributed by atoms with E-state index >= 15 is 0 Å². The molecule has 2 aromatic carbocycles. The van der Waals surface area contributed by atoms with Crippen molar-refractivity contribution in [1.29, 1.82) is 0 Å². The van der Waals surface area contributed by atoms with Crippen molar-refractivity contribution in [2.45, 2.75) is 20.8 Å². The van der Waals surface area contributed by atoms with Crippen LogP contribution in [0.4, 0.5) is 4.39 Å². The van der Waals surface area contributed by atoms with E-state index in [-0.39, 0.29) is 11.5 Å². The van der Waals surface area contributed by atoms with Gasteiger partial charge in [-0.15, -0.1) is 0 Å². The number of carbonyl (C=O) groups excluding carboxylic acids is 1. The molecule has 0 aliphatic heterocycles. The van der Waals surface area contributed by atoms with Gasteiger partial charge in [-0.3, -0.25) is 0 Å². The predicted molar refractivity (Wildman–Crippen MR) is 94.6 cm³/mol. The molecule has 1 aromatic heterocycles. The van der Waals surface area contributed by atoms with Gasteiger partial charge in [-0.25, -0.2) is 14.2 Å². The largest absolute Gasteiger partial charge is 0.464 e. The Kier molecular flexibility index (Phi) is 5.64. The van der Waals surface area contributed by atoms with Gasteiger partial charge in [0.15, 0.2) is 5.69 Å². The number of aromatic nitrogens is 1. The Bertz CT molecular complexity index is 875. The fourth-order valence-corrected chi connectivity index (χ4v) is 2.61. The van der Waals surface area contributed by atoms with Crippen molar-refractivity contribution in [3.8, 4) is 11.1 Å². The molecule has 3 nitrogen and oxygen atoms in total. The second-order valence-electron chi connectivity index (χ2n) is 4.97. The van der Waals surface area contributed by atoms with Crippen molar-refractivity contribution in [3.05, 3.63) is 65.7 Å². The third kappa shape index (κ3) is 3.27. The van der Waals surface area contributed by atoms with Crippen molar-refractivity contribution >= 4 is 16.7 Å².